The van der Waals surface area contributed by atoms with Crippen LogP contribution in [0.25, 0.3) is 6.08 Å². The van der Waals surface area contributed by atoms with E-state index in [1.54, 1.807) is 17.0 Å². The molecule has 0 aromatic heterocycles. The Morgan fingerprint density at radius 1 is 1.14 bits per heavy atom. The maximum Gasteiger partial charge on any atom is 0.294 e. The highest BCUT2D eigenvalue weighted by Crippen LogP contribution is 2.35. The average molecular weight is 598 g/mol. The predicted octanol–water partition coefficient (Wildman–Crippen LogP) is 3.35. The molecule has 13 nitrogen and oxygen atoms in total. The van der Waals surface area contributed by atoms with E-state index in [4.69, 9.17) is 9.47 Å². The molecule has 0 bridgehead atoms. The van der Waals surface area contributed by atoms with E-state index in [0.717, 1.165) is 35.4 Å². The van der Waals surface area contributed by atoms with Crippen LogP contribution >= 0.6 is 11.8 Å². The summed E-state index contributed by atoms with van der Waals surface area (Å²) >= 11 is 0.726. The van der Waals surface area contributed by atoms with E-state index >= 15 is 0 Å². The minimum atomic E-state index is -0.589. The van der Waals surface area contributed by atoms with Gasteiger partial charge < -0.3 is 24.6 Å². The molecule has 0 atom stereocenters. The quantitative estimate of drug-likeness (QED) is 0.232. The minimum Gasteiger partial charge on any atom is -0.483 e. The number of nitro benzene ring substituents is 1. The van der Waals surface area contributed by atoms with Crippen LogP contribution in [-0.4, -0.2) is 90.2 Å². The number of carbonyl (C=O) groups is 4. The minimum absolute atomic E-state index is 0.122. The Hall–Kier alpha value is -4.43. The summed E-state index contributed by atoms with van der Waals surface area (Å²) in [6.45, 7) is 6.28. The van der Waals surface area contributed by atoms with Crippen molar-refractivity contribution < 1.29 is 33.6 Å². The highest BCUT2D eigenvalue weighted by Gasteiger charge is 2.37. The van der Waals surface area contributed by atoms with E-state index in [2.05, 4.69) is 10.2 Å². The number of benzene rings is 2. The van der Waals surface area contributed by atoms with Crippen molar-refractivity contribution in [1.29, 1.82) is 0 Å². The van der Waals surface area contributed by atoms with E-state index < -0.39 is 28.6 Å². The second-order valence-electron chi connectivity index (χ2n) is 9.30. The normalized spacial score (nSPS) is 16.1. The maximum atomic E-state index is 13.1. The van der Waals surface area contributed by atoms with Gasteiger partial charge >= 0.3 is 0 Å². The van der Waals surface area contributed by atoms with Gasteiger partial charge in [-0.05, 0) is 49.9 Å². The maximum absolute atomic E-state index is 13.1. The highest BCUT2D eigenvalue weighted by atomic mass is 32.2. The third-order valence-corrected chi connectivity index (χ3v) is 7.55. The van der Waals surface area contributed by atoms with Crippen LogP contribution in [-0.2, 0) is 19.1 Å². The molecule has 4 amide bonds. The van der Waals surface area contributed by atoms with Crippen molar-refractivity contribution in [2.45, 2.75) is 13.8 Å². The van der Waals surface area contributed by atoms with Crippen LogP contribution in [0.1, 0.15) is 19.4 Å². The molecule has 0 aliphatic carbocycles. The average Bonchev–Trinajstić information content (AvgIpc) is 3.25. The molecule has 14 heteroatoms. The number of ether oxygens (including phenoxy) is 2. The molecule has 2 saturated heterocycles. The van der Waals surface area contributed by atoms with Crippen LogP contribution in [0.4, 0.5) is 21.9 Å². The predicted molar refractivity (Wildman–Crippen MR) is 157 cm³/mol. The van der Waals surface area contributed by atoms with Gasteiger partial charge in [0, 0.05) is 61.3 Å². The summed E-state index contributed by atoms with van der Waals surface area (Å²) in [5.41, 5.74) is 1.37. The van der Waals surface area contributed by atoms with Gasteiger partial charge in [0.15, 0.2) is 6.61 Å². The zero-order chi connectivity index (χ0) is 30.2. The first-order chi connectivity index (χ1) is 20.2. The molecule has 2 fully saturated rings. The smallest absolute Gasteiger partial charge is 0.294 e. The van der Waals surface area contributed by atoms with Gasteiger partial charge in [-0.15, -0.1) is 0 Å². The Morgan fingerprint density at radius 2 is 1.88 bits per heavy atom. The first-order valence-corrected chi connectivity index (χ1v) is 14.2. The molecule has 2 aliphatic rings. The summed E-state index contributed by atoms with van der Waals surface area (Å²) in [7, 11) is 0. The van der Waals surface area contributed by atoms with Crippen molar-refractivity contribution in [3.63, 3.8) is 0 Å². The second-order valence-corrected chi connectivity index (χ2v) is 10.3. The molecule has 0 radical (unpaired) electrons. The summed E-state index contributed by atoms with van der Waals surface area (Å²) in [6, 6.07) is 10.9. The Kier molecular flexibility index (Phi) is 10.1. The lowest BCUT2D eigenvalue weighted by Gasteiger charge is -2.28. The molecule has 222 valence electrons. The number of morpholine rings is 1. The molecule has 0 unspecified atom stereocenters. The molecule has 0 saturated carbocycles. The topological polar surface area (TPSA) is 152 Å². The Morgan fingerprint density at radius 3 is 2.57 bits per heavy atom. The van der Waals surface area contributed by atoms with Gasteiger partial charge in [-0.1, -0.05) is 6.07 Å². The van der Waals surface area contributed by atoms with Gasteiger partial charge in [-0.25, -0.2) is 0 Å². The van der Waals surface area contributed by atoms with Crippen LogP contribution in [0, 0.1) is 10.1 Å². The zero-order valence-corrected chi connectivity index (χ0v) is 24.1. The molecule has 2 heterocycles. The fourth-order valence-electron chi connectivity index (χ4n) is 4.42. The fourth-order valence-corrected chi connectivity index (χ4v) is 5.25. The molecular formula is C28H31N5O8S. The Labute approximate surface area is 246 Å². The molecular weight excluding hydrogens is 566 g/mol. The molecule has 2 aromatic rings. The summed E-state index contributed by atoms with van der Waals surface area (Å²) in [5.74, 6) is -1.17. The molecule has 0 spiro atoms. The highest BCUT2D eigenvalue weighted by molar-refractivity contribution is 8.18. The number of imide groups is 1. The number of hydrogen-bond acceptors (Lipinski definition) is 10. The van der Waals surface area contributed by atoms with Gasteiger partial charge in [0.25, 0.3) is 22.7 Å². The van der Waals surface area contributed by atoms with Crippen molar-refractivity contribution in [2.75, 3.05) is 62.8 Å². The number of nitrogens with one attached hydrogen (secondary N) is 1. The largest absolute Gasteiger partial charge is 0.483 e. The molecule has 1 N–H and O–H groups in total. The zero-order valence-electron chi connectivity index (χ0n) is 23.2. The lowest BCUT2D eigenvalue weighted by Crippen LogP contribution is -2.46. The molecule has 42 heavy (non-hydrogen) atoms. The first-order valence-electron chi connectivity index (χ1n) is 13.4. The van der Waals surface area contributed by atoms with Crippen LogP contribution in [0.3, 0.4) is 0 Å². The second kappa shape index (κ2) is 14.0. The van der Waals surface area contributed by atoms with Crippen molar-refractivity contribution in [3.05, 3.63) is 63.0 Å². The van der Waals surface area contributed by atoms with E-state index in [1.807, 2.05) is 19.9 Å². The number of hydrogen-bond donors (Lipinski definition) is 1. The lowest BCUT2D eigenvalue weighted by atomic mass is 10.1. The molecule has 4 rings (SSSR count). The van der Waals surface area contributed by atoms with E-state index in [9.17, 15) is 29.3 Å². The number of nitro groups is 1. The van der Waals surface area contributed by atoms with E-state index in [1.165, 1.54) is 30.3 Å². The third-order valence-electron chi connectivity index (χ3n) is 6.64. The van der Waals surface area contributed by atoms with Gasteiger partial charge in [-0.2, -0.15) is 0 Å². The lowest BCUT2D eigenvalue weighted by molar-refractivity contribution is -0.384. The van der Waals surface area contributed by atoms with Gasteiger partial charge in [0.1, 0.15) is 12.3 Å². The Bertz CT molecular complexity index is 1400. The van der Waals surface area contributed by atoms with Crippen LogP contribution < -0.4 is 15.0 Å². The fraction of sp³-hybridized carbons (Fsp3) is 0.357. The van der Waals surface area contributed by atoms with E-state index in [0.29, 0.717) is 37.6 Å². The SMILES string of the molecule is CCN(CC)c1ccc(/C=C2\SC(=O)N(CC(=O)N3CCOCC3)C2=O)c(OCC(=O)Nc2cccc([N+](=O)[O-])c2)c1. The van der Waals surface area contributed by atoms with E-state index in [-0.39, 0.29) is 28.7 Å². The standard InChI is InChI=1S/C28H31N5O8S/c1-3-30(4-2)21-9-8-19(23(16-21)41-18-25(34)29-20-6-5-7-22(15-20)33(38)39)14-24-27(36)32(28(37)42-24)17-26(35)31-10-12-40-13-11-31/h5-9,14-16H,3-4,10-13,17-18H2,1-2H3,(H,29,34)/b24-14-. The van der Waals surface area contributed by atoms with Crippen LogP contribution in [0.5, 0.6) is 5.75 Å². The number of non-ortho nitro benzene ring substituents is 1. The van der Waals surface area contributed by atoms with Crippen LogP contribution in [0.2, 0.25) is 0 Å². The van der Waals surface area contributed by atoms with Crippen molar-refractivity contribution in [2.24, 2.45) is 0 Å². The summed E-state index contributed by atoms with van der Waals surface area (Å²) in [4.78, 5) is 66.2. The van der Waals surface area contributed by atoms with Crippen LogP contribution in [0.15, 0.2) is 47.4 Å². The molecule has 2 aromatic carbocycles. The molecule has 2 aliphatic heterocycles. The first kappa shape index (κ1) is 30.5. The van der Waals surface area contributed by atoms with Gasteiger partial charge in [0.05, 0.1) is 23.0 Å². The third kappa shape index (κ3) is 7.44. The number of anilines is 2. The summed E-state index contributed by atoms with van der Waals surface area (Å²) in [5, 5.41) is 13.1. The Balaban J connectivity index is 1.52. The summed E-state index contributed by atoms with van der Waals surface area (Å²) in [6.07, 6.45) is 1.50. The van der Waals surface area contributed by atoms with Crippen molar-refractivity contribution in [3.8, 4) is 5.75 Å². The van der Waals surface area contributed by atoms with Gasteiger partial charge in [-0.3, -0.25) is 34.2 Å². The number of thioether (sulfide) groups is 1. The van der Waals surface area contributed by atoms with Crippen molar-refractivity contribution in [1.82, 2.24) is 9.80 Å². The number of carbonyl (C=O) groups excluding carboxylic acids is 4. The number of rotatable bonds is 11. The number of amides is 4. The summed E-state index contributed by atoms with van der Waals surface area (Å²) < 4.78 is 11.1. The van der Waals surface area contributed by atoms with Crippen molar-refractivity contribution >= 4 is 57.9 Å². The monoisotopic (exact) mass is 597 g/mol. The van der Waals surface area contributed by atoms with Gasteiger partial charge in [0.2, 0.25) is 5.91 Å². The number of nitrogens with zero attached hydrogens (tertiary/aromatic N) is 4.